The molecule has 0 spiro atoms. The summed E-state index contributed by atoms with van der Waals surface area (Å²) in [4.78, 5) is 9.53. The fourth-order valence-electron chi connectivity index (χ4n) is 0.567. The van der Waals surface area contributed by atoms with Crippen molar-refractivity contribution in [1.29, 1.82) is 0 Å². The average Bonchev–Trinajstić information content (AvgIpc) is 1.86. The van der Waals surface area contributed by atoms with Crippen LogP contribution in [0, 0.1) is 16.0 Å². The summed E-state index contributed by atoms with van der Waals surface area (Å²) in [7, 11) is 0. The molecule has 0 heterocycles. The first-order valence-electron chi connectivity index (χ1n) is 3.29. The third kappa shape index (κ3) is 1.67. The highest BCUT2D eigenvalue weighted by atomic mass is 16.7. The summed E-state index contributed by atoms with van der Waals surface area (Å²) >= 11 is 0. The van der Waals surface area contributed by atoms with Crippen LogP contribution in [0.5, 0.6) is 0 Å². The molecule has 2 unspecified atom stereocenters. The van der Waals surface area contributed by atoms with Gasteiger partial charge in [0.25, 0.3) is 0 Å². The topological polar surface area (TPSA) is 63.4 Å². The SMILES string of the molecule is CCC(C)C(C)(O)[N+](=O)[O-]. The molecule has 4 nitrogen and oxygen atoms in total. The van der Waals surface area contributed by atoms with Gasteiger partial charge in [0.05, 0.1) is 10.8 Å². The van der Waals surface area contributed by atoms with Crippen LogP contribution in [0.1, 0.15) is 27.2 Å². The molecule has 0 aliphatic heterocycles. The molecule has 0 aliphatic carbocycles. The summed E-state index contributed by atoms with van der Waals surface area (Å²) in [6, 6.07) is 0. The molecule has 4 heteroatoms. The van der Waals surface area contributed by atoms with E-state index in [-0.39, 0.29) is 5.92 Å². The molecule has 0 fully saturated rings. The van der Waals surface area contributed by atoms with Gasteiger partial charge in [-0.15, -0.1) is 0 Å². The summed E-state index contributed by atoms with van der Waals surface area (Å²) < 4.78 is 0. The summed E-state index contributed by atoms with van der Waals surface area (Å²) in [5.74, 6) is -0.303. The van der Waals surface area contributed by atoms with E-state index in [4.69, 9.17) is 5.11 Å². The van der Waals surface area contributed by atoms with E-state index in [1.54, 1.807) is 6.92 Å². The van der Waals surface area contributed by atoms with Crippen LogP contribution < -0.4 is 0 Å². The Morgan fingerprint density at radius 3 is 2.30 bits per heavy atom. The van der Waals surface area contributed by atoms with E-state index in [2.05, 4.69) is 0 Å². The summed E-state index contributed by atoms with van der Waals surface area (Å²) in [6.07, 6.45) is 0.605. The maximum Gasteiger partial charge on any atom is 0.322 e. The van der Waals surface area contributed by atoms with Crippen molar-refractivity contribution in [3.63, 3.8) is 0 Å². The average molecular weight is 147 g/mol. The van der Waals surface area contributed by atoms with Crippen LogP contribution in [0.3, 0.4) is 0 Å². The number of hydrogen-bond donors (Lipinski definition) is 1. The molecule has 0 saturated heterocycles. The van der Waals surface area contributed by atoms with E-state index >= 15 is 0 Å². The Bertz CT molecular complexity index is 133. The van der Waals surface area contributed by atoms with Gasteiger partial charge in [0, 0.05) is 6.92 Å². The maximum atomic E-state index is 10.2. The minimum absolute atomic E-state index is 0.303. The molecule has 0 amide bonds. The minimum Gasteiger partial charge on any atom is -0.331 e. The maximum absolute atomic E-state index is 10.2. The fourth-order valence-corrected chi connectivity index (χ4v) is 0.567. The number of nitro groups is 1. The van der Waals surface area contributed by atoms with Crippen molar-refractivity contribution >= 4 is 0 Å². The van der Waals surface area contributed by atoms with Gasteiger partial charge in [0.1, 0.15) is 0 Å². The highest BCUT2D eigenvalue weighted by molar-refractivity contribution is 4.65. The minimum atomic E-state index is -1.77. The zero-order valence-electron chi connectivity index (χ0n) is 6.50. The zero-order valence-corrected chi connectivity index (χ0v) is 6.50. The molecule has 60 valence electrons. The van der Waals surface area contributed by atoms with Crippen molar-refractivity contribution in [2.75, 3.05) is 0 Å². The molecule has 0 aliphatic rings. The number of nitrogens with zero attached hydrogens (tertiary/aromatic N) is 1. The van der Waals surface area contributed by atoms with Crippen molar-refractivity contribution in [1.82, 2.24) is 0 Å². The standard InChI is InChI=1S/C6H13NO3/c1-4-5(2)6(3,8)7(9)10/h5,8H,4H2,1-3H3. The van der Waals surface area contributed by atoms with Gasteiger partial charge in [-0.25, -0.2) is 0 Å². The molecular formula is C6H13NO3. The summed E-state index contributed by atoms with van der Waals surface area (Å²) in [5, 5.41) is 19.3. The van der Waals surface area contributed by atoms with E-state index < -0.39 is 10.6 Å². The van der Waals surface area contributed by atoms with Crippen LogP contribution in [0.4, 0.5) is 0 Å². The summed E-state index contributed by atoms with van der Waals surface area (Å²) in [5.41, 5.74) is -1.77. The second-order valence-corrected chi connectivity index (χ2v) is 2.66. The third-order valence-electron chi connectivity index (χ3n) is 1.92. The third-order valence-corrected chi connectivity index (χ3v) is 1.92. The first-order valence-corrected chi connectivity index (χ1v) is 3.29. The van der Waals surface area contributed by atoms with Crippen LogP contribution in [0.25, 0.3) is 0 Å². The van der Waals surface area contributed by atoms with E-state index in [0.29, 0.717) is 6.42 Å². The van der Waals surface area contributed by atoms with Crippen molar-refractivity contribution in [2.24, 2.45) is 5.92 Å². The van der Waals surface area contributed by atoms with Crippen molar-refractivity contribution in [2.45, 2.75) is 32.9 Å². The van der Waals surface area contributed by atoms with Crippen LogP contribution in [-0.2, 0) is 0 Å². The monoisotopic (exact) mass is 147 g/mol. The second-order valence-electron chi connectivity index (χ2n) is 2.66. The Morgan fingerprint density at radius 2 is 2.20 bits per heavy atom. The quantitative estimate of drug-likeness (QED) is 0.368. The van der Waals surface area contributed by atoms with Crippen LogP contribution in [0.2, 0.25) is 0 Å². The number of rotatable bonds is 3. The van der Waals surface area contributed by atoms with Gasteiger partial charge < -0.3 is 5.11 Å². The Kier molecular flexibility index (Phi) is 2.77. The van der Waals surface area contributed by atoms with Crippen LogP contribution >= 0.6 is 0 Å². The lowest BCUT2D eigenvalue weighted by molar-refractivity contribution is -0.630. The van der Waals surface area contributed by atoms with E-state index in [9.17, 15) is 10.1 Å². The lowest BCUT2D eigenvalue weighted by Crippen LogP contribution is -2.40. The van der Waals surface area contributed by atoms with Gasteiger partial charge in [0.2, 0.25) is 0 Å². The molecular weight excluding hydrogens is 134 g/mol. The summed E-state index contributed by atoms with van der Waals surface area (Å²) in [6.45, 7) is 4.69. The van der Waals surface area contributed by atoms with E-state index in [1.165, 1.54) is 6.92 Å². The molecule has 0 saturated carbocycles. The first-order chi connectivity index (χ1) is 4.42. The lowest BCUT2D eigenvalue weighted by atomic mass is 9.98. The predicted octanol–water partition coefficient (Wildman–Crippen LogP) is 1.02. The zero-order chi connectivity index (χ0) is 8.36. The molecule has 0 radical (unpaired) electrons. The molecule has 10 heavy (non-hydrogen) atoms. The Labute approximate surface area is 60.0 Å². The molecule has 0 aromatic carbocycles. The first kappa shape index (κ1) is 9.36. The van der Waals surface area contributed by atoms with Crippen LogP contribution in [-0.4, -0.2) is 15.8 Å². The normalized spacial score (nSPS) is 19.6. The van der Waals surface area contributed by atoms with Crippen molar-refractivity contribution in [3.8, 4) is 0 Å². The van der Waals surface area contributed by atoms with E-state index in [1.807, 2.05) is 6.92 Å². The van der Waals surface area contributed by atoms with Crippen molar-refractivity contribution in [3.05, 3.63) is 10.1 Å². The fraction of sp³-hybridized carbons (Fsp3) is 1.00. The lowest BCUT2D eigenvalue weighted by Gasteiger charge is -2.19. The predicted molar refractivity (Wildman–Crippen MR) is 37.1 cm³/mol. The molecule has 1 N–H and O–H groups in total. The largest absolute Gasteiger partial charge is 0.331 e. The molecule has 0 aromatic heterocycles. The van der Waals surface area contributed by atoms with E-state index in [0.717, 1.165) is 0 Å². The highest BCUT2D eigenvalue weighted by Crippen LogP contribution is 2.19. The Morgan fingerprint density at radius 1 is 1.80 bits per heavy atom. The van der Waals surface area contributed by atoms with Gasteiger partial charge in [-0.2, -0.15) is 0 Å². The van der Waals surface area contributed by atoms with Crippen molar-refractivity contribution < 1.29 is 10.0 Å². The number of hydrogen-bond acceptors (Lipinski definition) is 3. The highest BCUT2D eigenvalue weighted by Gasteiger charge is 2.39. The smallest absolute Gasteiger partial charge is 0.322 e. The molecule has 0 bridgehead atoms. The molecule has 2 atom stereocenters. The number of aliphatic hydroxyl groups is 1. The Hall–Kier alpha value is -0.640. The molecule has 0 aromatic rings. The molecule has 0 rings (SSSR count). The van der Waals surface area contributed by atoms with Gasteiger partial charge in [-0.1, -0.05) is 13.8 Å². The van der Waals surface area contributed by atoms with Gasteiger partial charge in [0.15, 0.2) is 0 Å². The van der Waals surface area contributed by atoms with Gasteiger partial charge >= 0.3 is 5.72 Å². The Balaban J connectivity index is 4.23. The van der Waals surface area contributed by atoms with Gasteiger partial charge in [-0.3, -0.25) is 10.1 Å². The van der Waals surface area contributed by atoms with Crippen LogP contribution in [0.15, 0.2) is 0 Å². The second kappa shape index (κ2) is 2.96. The van der Waals surface area contributed by atoms with Gasteiger partial charge in [-0.05, 0) is 6.42 Å².